The van der Waals surface area contributed by atoms with Gasteiger partial charge in [0.05, 0.1) is 5.60 Å². The van der Waals surface area contributed by atoms with Gasteiger partial charge in [-0.05, 0) is 66.0 Å². The van der Waals surface area contributed by atoms with Crippen LogP contribution in [0.1, 0.15) is 44.6 Å². The lowest BCUT2D eigenvalue weighted by Gasteiger charge is -2.36. The van der Waals surface area contributed by atoms with Crippen molar-refractivity contribution in [2.24, 2.45) is 5.92 Å². The molecule has 1 aliphatic rings. The normalized spacial score (nSPS) is 21.7. The van der Waals surface area contributed by atoms with Crippen LogP contribution in [-0.2, 0) is 5.60 Å². The highest BCUT2D eigenvalue weighted by Gasteiger charge is 2.34. The fourth-order valence-corrected chi connectivity index (χ4v) is 3.05. The Morgan fingerprint density at radius 3 is 2.25 bits per heavy atom. The fraction of sp³-hybridized carbons (Fsp3) is 0.571. The second-order valence-electron chi connectivity index (χ2n) is 4.99. The maximum atomic E-state index is 10.7. The highest BCUT2D eigenvalue weighted by molar-refractivity contribution is 14.1. The number of hydrogen-bond acceptors (Lipinski definition) is 1. The highest BCUT2D eigenvalue weighted by atomic mass is 127. The topological polar surface area (TPSA) is 20.2 Å². The van der Waals surface area contributed by atoms with Gasteiger partial charge >= 0.3 is 0 Å². The Hall–Kier alpha value is -0.0900. The molecule has 1 saturated carbocycles. The molecule has 2 heteroatoms. The molecule has 0 amide bonds. The molecule has 0 heterocycles. The Kier molecular flexibility index (Phi) is 3.90. The third-order valence-electron chi connectivity index (χ3n) is 3.83. The van der Waals surface area contributed by atoms with E-state index in [2.05, 4.69) is 46.9 Å². The summed E-state index contributed by atoms with van der Waals surface area (Å²) >= 11 is 2.30. The first kappa shape index (κ1) is 12.4. The molecule has 1 aliphatic carbocycles. The molecular weight excluding hydrogens is 311 g/mol. The number of aliphatic hydroxyl groups is 1. The van der Waals surface area contributed by atoms with E-state index in [0.717, 1.165) is 5.56 Å². The number of rotatable bonds is 2. The molecule has 2 rings (SSSR count). The van der Waals surface area contributed by atoms with Gasteiger partial charge in [0, 0.05) is 3.57 Å². The van der Waals surface area contributed by atoms with Gasteiger partial charge in [-0.25, -0.2) is 0 Å². The molecule has 88 valence electrons. The lowest BCUT2D eigenvalue weighted by molar-refractivity contribution is -0.0215. The number of hydrogen-bond donors (Lipinski definition) is 1. The molecule has 1 nitrogen and oxygen atoms in total. The summed E-state index contributed by atoms with van der Waals surface area (Å²) in [6.45, 7) is 1.98. The van der Waals surface area contributed by atoms with Crippen molar-refractivity contribution in [1.29, 1.82) is 0 Å². The van der Waals surface area contributed by atoms with Crippen molar-refractivity contribution >= 4 is 22.6 Å². The lowest BCUT2D eigenvalue weighted by atomic mass is 9.74. The minimum Gasteiger partial charge on any atom is -0.385 e. The second-order valence-corrected chi connectivity index (χ2v) is 6.23. The van der Waals surface area contributed by atoms with Crippen molar-refractivity contribution < 1.29 is 5.11 Å². The molecule has 1 aromatic rings. The second kappa shape index (κ2) is 5.05. The average Bonchev–Trinajstić information content (AvgIpc) is 2.31. The summed E-state index contributed by atoms with van der Waals surface area (Å²) in [5, 5.41) is 10.7. The Morgan fingerprint density at radius 1 is 1.12 bits per heavy atom. The standard InChI is InChI=1S/C14H19IO/c1-14(16,11-5-3-2-4-6-11)12-7-9-13(15)10-8-12/h7-11,16H,2-6H2,1H3. The van der Waals surface area contributed by atoms with Crippen LogP contribution in [0.3, 0.4) is 0 Å². The van der Waals surface area contributed by atoms with Crippen molar-refractivity contribution in [2.45, 2.75) is 44.6 Å². The van der Waals surface area contributed by atoms with E-state index < -0.39 is 5.60 Å². The predicted molar refractivity (Wildman–Crippen MR) is 75.3 cm³/mol. The van der Waals surface area contributed by atoms with E-state index in [4.69, 9.17) is 0 Å². The Balaban J connectivity index is 2.19. The molecule has 0 aromatic heterocycles. The van der Waals surface area contributed by atoms with Crippen LogP contribution in [-0.4, -0.2) is 5.11 Å². The first-order valence-corrected chi connectivity index (χ1v) is 7.17. The van der Waals surface area contributed by atoms with E-state index in [1.165, 1.54) is 35.7 Å². The quantitative estimate of drug-likeness (QED) is 0.810. The van der Waals surface area contributed by atoms with Gasteiger partial charge in [-0.15, -0.1) is 0 Å². The Labute approximate surface area is 111 Å². The third kappa shape index (κ3) is 2.59. The molecule has 1 N–H and O–H groups in total. The monoisotopic (exact) mass is 330 g/mol. The molecule has 0 radical (unpaired) electrons. The molecular formula is C14H19IO. The molecule has 16 heavy (non-hydrogen) atoms. The molecule has 0 bridgehead atoms. The summed E-state index contributed by atoms with van der Waals surface area (Å²) in [5.41, 5.74) is 0.421. The zero-order valence-corrected chi connectivity index (χ0v) is 11.9. The van der Waals surface area contributed by atoms with Crippen LogP contribution in [0.4, 0.5) is 0 Å². The van der Waals surface area contributed by atoms with E-state index in [1.54, 1.807) is 0 Å². The van der Waals surface area contributed by atoms with Gasteiger partial charge in [0.1, 0.15) is 0 Å². The first-order chi connectivity index (χ1) is 7.60. The minimum atomic E-state index is -0.648. The Bertz CT molecular complexity index is 336. The van der Waals surface area contributed by atoms with E-state index in [9.17, 15) is 5.11 Å². The van der Waals surface area contributed by atoms with Crippen LogP contribution in [0, 0.1) is 9.49 Å². The van der Waals surface area contributed by atoms with E-state index in [1.807, 2.05) is 6.92 Å². The van der Waals surface area contributed by atoms with E-state index >= 15 is 0 Å². The van der Waals surface area contributed by atoms with Crippen LogP contribution >= 0.6 is 22.6 Å². The van der Waals surface area contributed by atoms with Crippen LogP contribution in [0.2, 0.25) is 0 Å². The summed E-state index contributed by atoms with van der Waals surface area (Å²) < 4.78 is 1.22. The van der Waals surface area contributed by atoms with Crippen LogP contribution in [0.5, 0.6) is 0 Å². The molecule has 1 unspecified atom stereocenters. The van der Waals surface area contributed by atoms with E-state index in [0.29, 0.717) is 5.92 Å². The van der Waals surface area contributed by atoms with Gasteiger partial charge in [-0.3, -0.25) is 0 Å². The minimum absolute atomic E-state index is 0.432. The fourth-order valence-electron chi connectivity index (χ4n) is 2.69. The van der Waals surface area contributed by atoms with Crippen LogP contribution < -0.4 is 0 Å². The Morgan fingerprint density at radius 2 is 1.69 bits per heavy atom. The maximum absolute atomic E-state index is 10.7. The largest absolute Gasteiger partial charge is 0.385 e. The summed E-state index contributed by atoms with van der Waals surface area (Å²) in [6.07, 6.45) is 6.20. The maximum Gasteiger partial charge on any atom is 0.0896 e. The SMILES string of the molecule is CC(O)(c1ccc(I)cc1)C1CCCCC1. The van der Waals surface area contributed by atoms with Gasteiger partial charge in [-0.2, -0.15) is 0 Å². The molecule has 1 aromatic carbocycles. The smallest absolute Gasteiger partial charge is 0.0896 e. The summed E-state index contributed by atoms with van der Waals surface area (Å²) in [5.74, 6) is 0.432. The summed E-state index contributed by atoms with van der Waals surface area (Å²) in [6, 6.07) is 8.28. The zero-order chi connectivity index (χ0) is 11.6. The highest BCUT2D eigenvalue weighted by Crippen LogP contribution is 2.38. The number of halogens is 1. The van der Waals surface area contributed by atoms with Crippen LogP contribution in [0.25, 0.3) is 0 Å². The molecule has 1 atom stereocenters. The van der Waals surface area contributed by atoms with Crippen molar-refractivity contribution in [3.05, 3.63) is 33.4 Å². The van der Waals surface area contributed by atoms with Crippen LogP contribution in [0.15, 0.2) is 24.3 Å². The first-order valence-electron chi connectivity index (χ1n) is 6.09. The molecule has 0 aliphatic heterocycles. The third-order valence-corrected chi connectivity index (χ3v) is 4.55. The average molecular weight is 330 g/mol. The predicted octanol–water partition coefficient (Wildman–Crippen LogP) is 4.08. The van der Waals surface area contributed by atoms with Gasteiger partial charge < -0.3 is 5.11 Å². The van der Waals surface area contributed by atoms with Gasteiger partial charge in [0.15, 0.2) is 0 Å². The zero-order valence-electron chi connectivity index (χ0n) is 9.75. The molecule has 1 fully saturated rings. The molecule has 0 saturated heterocycles. The van der Waals surface area contributed by atoms with Crippen molar-refractivity contribution in [1.82, 2.24) is 0 Å². The summed E-state index contributed by atoms with van der Waals surface area (Å²) in [4.78, 5) is 0. The van der Waals surface area contributed by atoms with Gasteiger partial charge in [-0.1, -0.05) is 31.4 Å². The van der Waals surface area contributed by atoms with E-state index in [-0.39, 0.29) is 0 Å². The van der Waals surface area contributed by atoms with Crippen molar-refractivity contribution in [3.63, 3.8) is 0 Å². The van der Waals surface area contributed by atoms with Crippen molar-refractivity contribution in [3.8, 4) is 0 Å². The molecule has 0 spiro atoms. The van der Waals surface area contributed by atoms with Gasteiger partial charge in [0.2, 0.25) is 0 Å². The lowest BCUT2D eigenvalue weighted by Crippen LogP contribution is -2.33. The summed E-state index contributed by atoms with van der Waals surface area (Å²) in [7, 11) is 0. The van der Waals surface area contributed by atoms with Crippen molar-refractivity contribution in [2.75, 3.05) is 0 Å². The number of benzene rings is 1. The van der Waals surface area contributed by atoms with Gasteiger partial charge in [0.25, 0.3) is 0 Å².